The molecule has 0 aliphatic heterocycles. The fourth-order valence-corrected chi connectivity index (χ4v) is 2.48. The maximum Gasteiger partial charge on any atom is 0.129 e. The molecule has 0 spiro atoms. The summed E-state index contributed by atoms with van der Waals surface area (Å²) in [4.78, 5) is 0. The zero-order valence-electron chi connectivity index (χ0n) is 11.5. The smallest absolute Gasteiger partial charge is 0.129 e. The second kappa shape index (κ2) is 7.09. The normalized spacial score (nSPS) is 12.4. The molecule has 1 unspecified atom stereocenters. The number of hydrogen-bond donors (Lipinski definition) is 1. The molecule has 1 atom stereocenters. The Morgan fingerprint density at radius 1 is 1.05 bits per heavy atom. The zero-order chi connectivity index (χ0) is 15.4. The molecule has 2 aromatic rings. The second-order valence-electron chi connectivity index (χ2n) is 4.92. The van der Waals surface area contributed by atoms with Crippen molar-refractivity contribution in [2.45, 2.75) is 25.9 Å². The van der Waals surface area contributed by atoms with Crippen LogP contribution in [-0.2, 0) is 13.0 Å². The van der Waals surface area contributed by atoms with Gasteiger partial charge in [0.1, 0.15) is 17.5 Å². The van der Waals surface area contributed by atoms with Gasteiger partial charge in [0.15, 0.2) is 0 Å². The highest BCUT2D eigenvalue weighted by atomic mass is 79.9. The molecule has 1 nitrogen and oxygen atoms in total. The zero-order valence-corrected chi connectivity index (χ0v) is 13.1. The van der Waals surface area contributed by atoms with Gasteiger partial charge in [-0.05, 0) is 43.7 Å². The van der Waals surface area contributed by atoms with Crippen LogP contribution in [0.4, 0.5) is 13.2 Å². The summed E-state index contributed by atoms with van der Waals surface area (Å²) < 4.78 is 41.5. The third kappa shape index (κ3) is 4.32. The van der Waals surface area contributed by atoms with Crippen LogP contribution in [0, 0.1) is 17.5 Å². The molecule has 0 bridgehead atoms. The summed E-state index contributed by atoms with van der Waals surface area (Å²) in [6, 6.07) is 8.30. The van der Waals surface area contributed by atoms with Crippen LogP contribution in [0.25, 0.3) is 0 Å². The first-order chi connectivity index (χ1) is 9.97. The van der Waals surface area contributed by atoms with E-state index in [1.165, 1.54) is 24.3 Å². The molecule has 0 saturated heterocycles. The first kappa shape index (κ1) is 16.0. The van der Waals surface area contributed by atoms with Crippen LogP contribution in [0.1, 0.15) is 18.1 Å². The summed E-state index contributed by atoms with van der Waals surface area (Å²) in [5.41, 5.74) is 0.553. The van der Waals surface area contributed by atoms with Gasteiger partial charge in [-0.2, -0.15) is 0 Å². The van der Waals surface area contributed by atoms with Crippen molar-refractivity contribution in [2.75, 3.05) is 0 Å². The Hall–Kier alpha value is -1.33. The Labute approximate surface area is 130 Å². The predicted molar refractivity (Wildman–Crippen MR) is 80.5 cm³/mol. The average molecular weight is 358 g/mol. The molecule has 112 valence electrons. The molecule has 5 heteroatoms. The van der Waals surface area contributed by atoms with Crippen molar-refractivity contribution in [1.82, 2.24) is 5.32 Å². The summed E-state index contributed by atoms with van der Waals surface area (Å²) in [6.45, 7) is 2.10. The Bertz CT molecular complexity index is 611. The Kier molecular flexibility index (Phi) is 5.42. The van der Waals surface area contributed by atoms with Gasteiger partial charge < -0.3 is 5.32 Å². The van der Waals surface area contributed by atoms with Gasteiger partial charge in [-0.25, -0.2) is 13.2 Å². The molecule has 0 heterocycles. The van der Waals surface area contributed by atoms with E-state index in [2.05, 4.69) is 21.2 Å². The van der Waals surface area contributed by atoms with E-state index < -0.39 is 11.6 Å². The van der Waals surface area contributed by atoms with Crippen LogP contribution in [-0.4, -0.2) is 6.04 Å². The molecule has 0 aliphatic carbocycles. The van der Waals surface area contributed by atoms with Gasteiger partial charge in [-0.3, -0.25) is 0 Å². The quantitative estimate of drug-likeness (QED) is 0.825. The maximum absolute atomic E-state index is 13.6. The van der Waals surface area contributed by atoms with Crippen molar-refractivity contribution in [3.8, 4) is 0 Å². The first-order valence-corrected chi connectivity index (χ1v) is 7.37. The van der Waals surface area contributed by atoms with E-state index >= 15 is 0 Å². The van der Waals surface area contributed by atoms with Crippen LogP contribution in [0.3, 0.4) is 0 Å². The first-order valence-electron chi connectivity index (χ1n) is 6.57. The molecule has 1 N–H and O–H groups in total. The minimum absolute atomic E-state index is 0.0483. The fourth-order valence-electron chi connectivity index (χ4n) is 2.07. The van der Waals surface area contributed by atoms with Gasteiger partial charge in [0, 0.05) is 28.2 Å². The molecular weight excluding hydrogens is 343 g/mol. The SMILES string of the molecule is CC(Cc1c(F)cccc1F)NCc1cc(Br)ccc1F. The minimum atomic E-state index is -0.558. The average Bonchev–Trinajstić information content (AvgIpc) is 2.44. The van der Waals surface area contributed by atoms with Crippen LogP contribution >= 0.6 is 15.9 Å². The lowest BCUT2D eigenvalue weighted by molar-refractivity contribution is 0.492. The summed E-state index contributed by atoms with van der Waals surface area (Å²) in [5.74, 6) is -1.43. The highest BCUT2D eigenvalue weighted by Gasteiger charge is 2.13. The molecule has 0 aliphatic rings. The van der Waals surface area contributed by atoms with E-state index in [0.717, 1.165) is 4.47 Å². The second-order valence-corrected chi connectivity index (χ2v) is 5.84. The van der Waals surface area contributed by atoms with Crippen molar-refractivity contribution >= 4 is 15.9 Å². The Balaban J connectivity index is 1.99. The van der Waals surface area contributed by atoms with E-state index in [1.807, 2.05) is 6.92 Å². The van der Waals surface area contributed by atoms with E-state index in [9.17, 15) is 13.2 Å². The van der Waals surface area contributed by atoms with Gasteiger partial charge in [0.05, 0.1) is 0 Å². The van der Waals surface area contributed by atoms with Gasteiger partial charge >= 0.3 is 0 Å². The highest BCUT2D eigenvalue weighted by molar-refractivity contribution is 9.10. The lowest BCUT2D eigenvalue weighted by atomic mass is 10.1. The van der Waals surface area contributed by atoms with Crippen LogP contribution in [0.2, 0.25) is 0 Å². The molecule has 0 saturated carbocycles. The number of nitrogens with one attached hydrogen (secondary N) is 1. The lowest BCUT2D eigenvalue weighted by Gasteiger charge is -2.15. The van der Waals surface area contributed by atoms with Gasteiger partial charge in [-0.15, -0.1) is 0 Å². The number of halogens is 4. The summed E-state index contributed by atoms with van der Waals surface area (Å²) in [7, 11) is 0. The van der Waals surface area contributed by atoms with Gasteiger partial charge in [-0.1, -0.05) is 22.0 Å². The Morgan fingerprint density at radius 2 is 1.71 bits per heavy atom. The molecule has 21 heavy (non-hydrogen) atoms. The highest BCUT2D eigenvalue weighted by Crippen LogP contribution is 2.17. The van der Waals surface area contributed by atoms with Crippen molar-refractivity contribution in [2.24, 2.45) is 0 Å². The van der Waals surface area contributed by atoms with E-state index in [0.29, 0.717) is 12.1 Å². The summed E-state index contributed by atoms with van der Waals surface area (Å²) in [6.07, 6.45) is 0.203. The maximum atomic E-state index is 13.6. The number of rotatable bonds is 5. The van der Waals surface area contributed by atoms with E-state index in [1.54, 1.807) is 12.1 Å². The van der Waals surface area contributed by atoms with E-state index in [4.69, 9.17) is 0 Å². The van der Waals surface area contributed by atoms with Crippen molar-refractivity contribution in [1.29, 1.82) is 0 Å². The molecule has 2 aromatic carbocycles. The molecule has 0 aromatic heterocycles. The topological polar surface area (TPSA) is 12.0 Å². The standard InChI is InChI=1S/C16H15BrF3N/c1-10(7-13-15(19)3-2-4-16(13)20)21-9-11-8-12(17)5-6-14(11)18/h2-6,8,10,21H,7,9H2,1H3. The molecule has 0 amide bonds. The van der Waals surface area contributed by atoms with Gasteiger partial charge in [0.25, 0.3) is 0 Å². The lowest BCUT2D eigenvalue weighted by Crippen LogP contribution is -2.28. The van der Waals surface area contributed by atoms with Crippen molar-refractivity contribution < 1.29 is 13.2 Å². The monoisotopic (exact) mass is 357 g/mol. The fraction of sp³-hybridized carbons (Fsp3) is 0.250. The van der Waals surface area contributed by atoms with Crippen LogP contribution in [0.15, 0.2) is 40.9 Å². The molecule has 0 fully saturated rings. The molecular formula is C16H15BrF3N. The third-order valence-electron chi connectivity index (χ3n) is 3.22. The van der Waals surface area contributed by atoms with Crippen molar-refractivity contribution in [3.05, 3.63) is 69.4 Å². The van der Waals surface area contributed by atoms with Crippen LogP contribution < -0.4 is 5.32 Å². The largest absolute Gasteiger partial charge is 0.310 e. The van der Waals surface area contributed by atoms with Gasteiger partial charge in [0.2, 0.25) is 0 Å². The van der Waals surface area contributed by atoms with E-state index in [-0.39, 0.29) is 23.8 Å². The molecule has 2 rings (SSSR count). The Morgan fingerprint density at radius 3 is 2.38 bits per heavy atom. The number of hydrogen-bond acceptors (Lipinski definition) is 1. The third-order valence-corrected chi connectivity index (χ3v) is 3.71. The molecule has 0 radical (unpaired) electrons. The minimum Gasteiger partial charge on any atom is -0.310 e. The summed E-state index contributed by atoms with van der Waals surface area (Å²) >= 11 is 3.28. The van der Waals surface area contributed by atoms with Crippen LogP contribution in [0.5, 0.6) is 0 Å². The summed E-state index contributed by atoms with van der Waals surface area (Å²) in [5, 5.41) is 3.08. The van der Waals surface area contributed by atoms with Crippen molar-refractivity contribution in [3.63, 3.8) is 0 Å². The predicted octanol–water partition coefficient (Wildman–Crippen LogP) is 4.59. The number of benzene rings is 2.